The first-order chi connectivity index (χ1) is 9.06. The summed E-state index contributed by atoms with van der Waals surface area (Å²) in [6, 6.07) is 12.1. The lowest BCUT2D eigenvalue weighted by Crippen LogP contribution is -2.17. The standard InChI is InChI=1S/C15H17BrN2O/c1-11(19)13-6-7-15(17-9-13)18(2)10-12-4-3-5-14(16)8-12/h3-9,11,19H,10H2,1-2H3. The molecule has 0 fully saturated rings. The average molecular weight is 321 g/mol. The SMILES string of the molecule is CC(O)c1ccc(N(C)Cc2cccc(Br)c2)nc1. The molecule has 0 aliphatic rings. The summed E-state index contributed by atoms with van der Waals surface area (Å²) < 4.78 is 1.08. The van der Waals surface area contributed by atoms with E-state index in [1.54, 1.807) is 13.1 Å². The van der Waals surface area contributed by atoms with Crippen LogP contribution in [0.15, 0.2) is 47.1 Å². The molecule has 0 saturated heterocycles. The van der Waals surface area contributed by atoms with E-state index in [0.717, 1.165) is 22.4 Å². The van der Waals surface area contributed by atoms with Crippen molar-refractivity contribution in [3.05, 3.63) is 58.2 Å². The molecule has 0 aliphatic carbocycles. The molecule has 0 spiro atoms. The van der Waals surface area contributed by atoms with Crippen molar-refractivity contribution in [3.63, 3.8) is 0 Å². The van der Waals surface area contributed by atoms with E-state index < -0.39 is 6.10 Å². The summed E-state index contributed by atoms with van der Waals surface area (Å²) in [5.74, 6) is 0.893. The molecule has 100 valence electrons. The van der Waals surface area contributed by atoms with Crippen LogP contribution in [0.1, 0.15) is 24.2 Å². The van der Waals surface area contributed by atoms with Crippen molar-refractivity contribution in [2.75, 3.05) is 11.9 Å². The fourth-order valence-electron chi connectivity index (χ4n) is 1.86. The van der Waals surface area contributed by atoms with Gasteiger partial charge in [0.2, 0.25) is 0 Å². The molecule has 1 aromatic carbocycles. The van der Waals surface area contributed by atoms with Gasteiger partial charge >= 0.3 is 0 Å². The lowest BCUT2D eigenvalue weighted by atomic mass is 10.2. The summed E-state index contributed by atoms with van der Waals surface area (Å²) in [6.07, 6.45) is 1.24. The largest absolute Gasteiger partial charge is 0.389 e. The molecule has 2 aromatic rings. The Hall–Kier alpha value is -1.39. The van der Waals surface area contributed by atoms with Gasteiger partial charge in [-0.25, -0.2) is 4.98 Å². The number of aliphatic hydroxyl groups is 1. The third kappa shape index (κ3) is 3.78. The highest BCUT2D eigenvalue weighted by Gasteiger charge is 2.06. The van der Waals surface area contributed by atoms with Gasteiger partial charge in [-0.15, -0.1) is 0 Å². The fraction of sp³-hybridized carbons (Fsp3) is 0.267. The zero-order valence-corrected chi connectivity index (χ0v) is 12.6. The molecule has 0 amide bonds. The Labute approximate surface area is 122 Å². The van der Waals surface area contributed by atoms with Gasteiger partial charge in [0.05, 0.1) is 6.10 Å². The second-order valence-corrected chi connectivity index (χ2v) is 5.53. The summed E-state index contributed by atoms with van der Waals surface area (Å²) >= 11 is 3.47. The Morgan fingerprint density at radius 2 is 2.11 bits per heavy atom. The van der Waals surface area contributed by atoms with E-state index in [9.17, 15) is 5.11 Å². The monoisotopic (exact) mass is 320 g/mol. The topological polar surface area (TPSA) is 36.4 Å². The zero-order valence-electron chi connectivity index (χ0n) is 11.0. The lowest BCUT2D eigenvalue weighted by molar-refractivity contribution is 0.199. The van der Waals surface area contributed by atoms with Gasteiger partial charge < -0.3 is 10.0 Å². The number of halogens is 1. The minimum Gasteiger partial charge on any atom is -0.389 e. The molecule has 1 heterocycles. The average Bonchev–Trinajstić information content (AvgIpc) is 2.39. The quantitative estimate of drug-likeness (QED) is 0.936. The van der Waals surface area contributed by atoms with E-state index in [0.29, 0.717) is 0 Å². The van der Waals surface area contributed by atoms with Gasteiger partial charge in [-0.2, -0.15) is 0 Å². The van der Waals surface area contributed by atoms with Gasteiger partial charge in [-0.3, -0.25) is 0 Å². The number of anilines is 1. The van der Waals surface area contributed by atoms with Crippen molar-refractivity contribution < 1.29 is 5.11 Å². The van der Waals surface area contributed by atoms with Gasteiger partial charge in [0.15, 0.2) is 0 Å². The Morgan fingerprint density at radius 3 is 2.68 bits per heavy atom. The number of nitrogens with zero attached hydrogens (tertiary/aromatic N) is 2. The molecule has 0 radical (unpaired) electrons. The maximum absolute atomic E-state index is 9.46. The summed E-state index contributed by atoms with van der Waals surface area (Å²) in [6.45, 7) is 2.53. The van der Waals surface area contributed by atoms with Crippen LogP contribution in [0.25, 0.3) is 0 Å². The van der Waals surface area contributed by atoms with E-state index in [1.165, 1.54) is 5.56 Å². The third-order valence-electron chi connectivity index (χ3n) is 2.95. The second-order valence-electron chi connectivity index (χ2n) is 4.61. The van der Waals surface area contributed by atoms with Crippen molar-refractivity contribution in [3.8, 4) is 0 Å². The minimum absolute atomic E-state index is 0.475. The predicted octanol–water partition coefficient (Wildman–Crippen LogP) is 3.53. The van der Waals surface area contributed by atoms with Crippen molar-refractivity contribution in [2.45, 2.75) is 19.6 Å². The molecular formula is C15H17BrN2O. The first kappa shape index (κ1) is 14.0. The molecule has 0 bridgehead atoms. The van der Waals surface area contributed by atoms with E-state index in [2.05, 4.69) is 37.9 Å². The van der Waals surface area contributed by atoms with Crippen LogP contribution in [0.2, 0.25) is 0 Å². The van der Waals surface area contributed by atoms with Crippen LogP contribution in [-0.4, -0.2) is 17.1 Å². The molecule has 4 heteroatoms. The maximum Gasteiger partial charge on any atom is 0.128 e. The maximum atomic E-state index is 9.46. The molecule has 3 nitrogen and oxygen atoms in total. The molecule has 1 unspecified atom stereocenters. The van der Waals surface area contributed by atoms with Crippen LogP contribution in [0, 0.1) is 0 Å². The van der Waals surface area contributed by atoms with Crippen LogP contribution < -0.4 is 4.90 Å². The lowest BCUT2D eigenvalue weighted by Gasteiger charge is -2.19. The molecular weight excluding hydrogens is 304 g/mol. The van der Waals surface area contributed by atoms with Crippen LogP contribution >= 0.6 is 15.9 Å². The van der Waals surface area contributed by atoms with Crippen molar-refractivity contribution in [1.29, 1.82) is 0 Å². The number of hydrogen-bond donors (Lipinski definition) is 1. The smallest absolute Gasteiger partial charge is 0.128 e. The van der Waals surface area contributed by atoms with E-state index in [4.69, 9.17) is 0 Å². The van der Waals surface area contributed by atoms with Gasteiger partial charge in [-0.05, 0) is 36.2 Å². The van der Waals surface area contributed by atoms with E-state index in [-0.39, 0.29) is 0 Å². The first-order valence-electron chi connectivity index (χ1n) is 6.16. The van der Waals surface area contributed by atoms with Crippen LogP contribution in [-0.2, 0) is 6.54 Å². The molecule has 2 rings (SSSR count). The van der Waals surface area contributed by atoms with Gasteiger partial charge in [-0.1, -0.05) is 34.1 Å². The summed E-state index contributed by atoms with van der Waals surface area (Å²) in [4.78, 5) is 6.45. The predicted molar refractivity (Wildman–Crippen MR) is 81.1 cm³/mol. The number of hydrogen-bond acceptors (Lipinski definition) is 3. The van der Waals surface area contributed by atoms with Gasteiger partial charge in [0.1, 0.15) is 5.82 Å². The Morgan fingerprint density at radius 1 is 1.32 bits per heavy atom. The first-order valence-corrected chi connectivity index (χ1v) is 6.95. The highest BCUT2D eigenvalue weighted by molar-refractivity contribution is 9.10. The summed E-state index contributed by atoms with van der Waals surface area (Å²) in [5, 5.41) is 9.46. The summed E-state index contributed by atoms with van der Waals surface area (Å²) in [5.41, 5.74) is 2.05. The van der Waals surface area contributed by atoms with E-state index in [1.807, 2.05) is 31.3 Å². The normalized spacial score (nSPS) is 12.2. The second kappa shape index (κ2) is 6.17. The highest BCUT2D eigenvalue weighted by atomic mass is 79.9. The van der Waals surface area contributed by atoms with Crippen LogP contribution in [0.3, 0.4) is 0 Å². The number of aliphatic hydroxyl groups excluding tert-OH is 1. The van der Waals surface area contributed by atoms with Gasteiger partial charge in [0, 0.05) is 24.3 Å². The number of pyridine rings is 1. The molecule has 1 aromatic heterocycles. The van der Waals surface area contributed by atoms with E-state index >= 15 is 0 Å². The molecule has 1 N–H and O–H groups in total. The molecule has 0 aliphatic heterocycles. The van der Waals surface area contributed by atoms with Gasteiger partial charge in [0.25, 0.3) is 0 Å². The minimum atomic E-state index is -0.475. The number of rotatable bonds is 4. The number of aromatic nitrogens is 1. The van der Waals surface area contributed by atoms with Crippen molar-refractivity contribution in [1.82, 2.24) is 4.98 Å². The Kier molecular flexibility index (Phi) is 4.56. The highest BCUT2D eigenvalue weighted by Crippen LogP contribution is 2.18. The fourth-order valence-corrected chi connectivity index (χ4v) is 2.31. The molecule has 1 atom stereocenters. The molecule has 19 heavy (non-hydrogen) atoms. The van der Waals surface area contributed by atoms with Crippen molar-refractivity contribution >= 4 is 21.7 Å². The third-order valence-corrected chi connectivity index (χ3v) is 3.45. The molecule has 0 saturated carbocycles. The summed E-state index contributed by atoms with van der Waals surface area (Å²) in [7, 11) is 2.01. The Bertz CT molecular complexity index is 540. The van der Waals surface area contributed by atoms with Crippen LogP contribution in [0.4, 0.5) is 5.82 Å². The Balaban J connectivity index is 2.09. The van der Waals surface area contributed by atoms with Crippen LogP contribution in [0.5, 0.6) is 0 Å². The zero-order chi connectivity index (χ0) is 13.8. The number of benzene rings is 1. The van der Waals surface area contributed by atoms with Crippen molar-refractivity contribution in [2.24, 2.45) is 0 Å².